The van der Waals surface area contributed by atoms with Crippen LogP contribution in [-0.2, 0) is 21.4 Å². The van der Waals surface area contributed by atoms with Crippen LogP contribution in [-0.4, -0.2) is 38.3 Å². The van der Waals surface area contributed by atoms with E-state index >= 15 is 0 Å². The van der Waals surface area contributed by atoms with Crippen molar-refractivity contribution in [1.29, 1.82) is 0 Å². The fourth-order valence-electron chi connectivity index (χ4n) is 3.39. The average molecular weight is 382 g/mol. The third-order valence-electron chi connectivity index (χ3n) is 5.53. The minimum Gasteiger partial charge on any atom is -0.352 e. The fourth-order valence-corrected chi connectivity index (χ4v) is 4.98. The maximum absolute atomic E-state index is 12.8. The van der Waals surface area contributed by atoms with E-state index in [1.165, 1.54) is 0 Å². The van der Waals surface area contributed by atoms with Gasteiger partial charge in [-0.15, -0.1) is 0 Å². The molecule has 1 aromatic rings. The Labute approximate surface area is 157 Å². The Morgan fingerprint density at radius 2 is 1.85 bits per heavy atom. The van der Waals surface area contributed by atoms with E-state index in [0.29, 0.717) is 43.9 Å². The highest BCUT2D eigenvalue weighted by Crippen LogP contribution is 2.25. The number of rotatable bonds is 8. The van der Waals surface area contributed by atoms with Crippen LogP contribution in [0, 0.1) is 5.41 Å². The summed E-state index contributed by atoms with van der Waals surface area (Å²) < 4.78 is 27.2. The van der Waals surface area contributed by atoms with Gasteiger partial charge in [0, 0.05) is 26.2 Å². The summed E-state index contributed by atoms with van der Waals surface area (Å²) in [7, 11) is -3.46. The maximum atomic E-state index is 12.8. The largest absolute Gasteiger partial charge is 0.352 e. The normalized spacial score (nSPS) is 16.4. The molecule has 0 radical (unpaired) electrons. The van der Waals surface area contributed by atoms with Crippen LogP contribution < -0.4 is 11.1 Å². The summed E-state index contributed by atoms with van der Waals surface area (Å²) in [4.78, 5) is 12.8. The first-order valence-electron chi connectivity index (χ1n) is 9.47. The lowest BCUT2D eigenvalue weighted by atomic mass is 9.81. The molecule has 1 heterocycles. The fraction of sp³-hybridized carbons (Fsp3) is 0.632. The second kappa shape index (κ2) is 8.97. The molecular weight excluding hydrogens is 350 g/mol. The van der Waals surface area contributed by atoms with Crippen molar-refractivity contribution in [1.82, 2.24) is 9.62 Å². The zero-order valence-electron chi connectivity index (χ0n) is 15.8. The van der Waals surface area contributed by atoms with Crippen molar-refractivity contribution in [3.8, 4) is 0 Å². The highest BCUT2D eigenvalue weighted by molar-refractivity contribution is 7.89. The van der Waals surface area contributed by atoms with Crippen molar-refractivity contribution in [3.63, 3.8) is 0 Å². The van der Waals surface area contributed by atoms with Gasteiger partial charge in [0.15, 0.2) is 0 Å². The Morgan fingerprint density at radius 1 is 1.19 bits per heavy atom. The Hall–Kier alpha value is -1.44. The van der Waals surface area contributed by atoms with E-state index in [4.69, 9.17) is 5.73 Å². The average Bonchev–Trinajstić information content (AvgIpc) is 2.69. The van der Waals surface area contributed by atoms with Gasteiger partial charge in [0.25, 0.3) is 0 Å². The molecule has 1 aromatic carbocycles. The van der Waals surface area contributed by atoms with E-state index in [1.807, 2.05) is 19.9 Å². The maximum Gasteiger partial charge on any atom is 0.243 e. The van der Waals surface area contributed by atoms with E-state index in [-0.39, 0.29) is 5.91 Å². The molecule has 2 rings (SSSR count). The number of amides is 1. The number of carbonyl (C=O) groups is 1. The molecule has 1 saturated heterocycles. The van der Waals surface area contributed by atoms with Gasteiger partial charge in [-0.2, -0.15) is 4.31 Å². The van der Waals surface area contributed by atoms with Gasteiger partial charge in [-0.05, 0) is 43.4 Å². The van der Waals surface area contributed by atoms with Crippen LogP contribution in [0.2, 0.25) is 0 Å². The number of benzene rings is 1. The van der Waals surface area contributed by atoms with E-state index in [9.17, 15) is 13.2 Å². The van der Waals surface area contributed by atoms with Crippen molar-refractivity contribution < 1.29 is 13.2 Å². The number of piperidine rings is 1. The summed E-state index contributed by atoms with van der Waals surface area (Å²) in [5, 5.41) is 2.92. The third-order valence-corrected chi connectivity index (χ3v) is 7.42. The number of hydrogen-bond donors (Lipinski definition) is 2. The topological polar surface area (TPSA) is 92.5 Å². The first kappa shape index (κ1) is 20.9. The Bertz CT molecular complexity index is 700. The van der Waals surface area contributed by atoms with Crippen molar-refractivity contribution in [2.24, 2.45) is 11.1 Å². The van der Waals surface area contributed by atoms with Crippen molar-refractivity contribution in [2.45, 2.75) is 57.4 Å². The minimum absolute atomic E-state index is 0.0747. The number of carbonyl (C=O) groups excluding carboxylic acids is 1. The lowest BCUT2D eigenvalue weighted by molar-refractivity contribution is -0.131. The van der Waals surface area contributed by atoms with Crippen molar-refractivity contribution >= 4 is 15.9 Å². The first-order valence-corrected chi connectivity index (χ1v) is 10.9. The lowest BCUT2D eigenvalue weighted by Crippen LogP contribution is -2.45. The van der Waals surface area contributed by atoms with Crippen molar-refractivity contribution in [2.75, 3.05) is 19.6 Å². The molecule has 0 bridgehead atoms. The van der Waals surface area contributed by atoms with E-state index in [1.54, 1.807) is 22.5 Å². The van der Waals surface area contributed by atoms with Crippen LogP contribution in [0.25, 0.3) is 0 Å². The first-order chi connectivity index (χ1) is 12.4. The zero-order valence-corrected chi connectivity index (χ0v) is 16.6. The predicted octanol–water partition coefficient (Wildman–Crippen LogP) is 2.24. The van der Waals surface area contributed by atoms with E-state index in [2.05, 4.69) is 5.32 Å². The molecule has 0 spiro atoms. The van der Waals surface area contributed by atoms with Gasteiger partial charge in [-0.3, -0.25) is 4.79 Å². The highest BCUT2D eigenvalue weighted by atomic mass is 32.2. The molecule has 0 atom stereocenters. The molecular formula is C19H31N3O3S. The summed E-state index contributed by atoms with van der Waals surface area (Å²) in [6, 6.07) is 6.84. The van der Waals surface area contributed by atoms with Crippen LogP contribution in [0.3, 0.4) is 0 Å². The van der Waals surface area contributed by atoms with Gasteiger partial charge >= 0.3 is 0 Å². The number of nitrogens with two attached hydrogens (primary N) is 1. The van der Waals surface area contributed by atoms with Crippen LogP contribution in [0.15, 0.2) is 29.2 Å². The number of nitrogens with zero attached hydrogens (tertiary/aromatic N) is 1. The third kappa shape index (κ3) is 4.45. The Morgan fingerprint density at radius 3 is 2.42 bits per heavy atom. The van der Waals surface area contributed by atoms with Gasteiger partial charge < -0.3 is 11.1 Å². The molecule has 1 aliphatic rings. The van der Waals surface area contributed by atoms with Crippen molar-refractivity contribution in [3.05, 3.63) is 29.8 Å². The second-order valence-electron chi connectivity index (χ2n) is 6.99. The van der Waals surface area contributed by atoms with Crippen LogP contribution in [0.5, 0.6) is 0 Å². The predicted molar refractivity (Wildman–Crippen MR) is 103 cm³/mol. The molecule has 3 N–H and O–H groups in total. The van der Waals surface area contributed by atoms with Gasteiger partial charge in [0.2, 0.25) is 15.9 Å². The molecule has 1 aliphatic heterocycles. The van der Waals surface area contributed by atoms with Crippen LogP contribution in [0.4, 0.5) is 0 Å². The SMILES string of the molecule is CCC(CC)(CN)C(=O)NCc1cccc(S(=O)(=O)N2CCCCC2)c1. The van der Waals surface area contributed by atoms with E-state index < -0.39 is 15.4 Å². The summed E-state index contributed by atoms with van der Waals surface area (Å²) in [6.45, 7) is 5.67. The van der Waals surface area contributed by atoms with Crippen LogP contribution in [0.1, 0.15) is 51.5 Å². The van der Waals surface area contributed by atoms with Crippen LogP contribution >= 0.6 is 0 Å². The zero-order chi connectivity index (χ0) is 19.2. The molecule has 26 heavy (non-hydrogen) atoms. The smallest absolute Gasteiger partial charge is 0.243 e. The summed E-state index contributed by atoms with van der Waals surface area (Å²) >= 11 is 0. The molecule has 1 fully saturated rings. The molecule has 0 unspecified atom stereocenters. The summed E-state index contributed by atoms with van der Waals surface area (Å²) in [5.74, 6) is -0.0747. The number of hydrogen-bond acceptors (Lipinski definition) is 4. The van der Waals surface area contributed by atoms with Gasteiger partial charge in [0.1, 0.15) is 0 Å². The summed E-state index contributed by atoms with van der Waals surface area (Å²) in [6.07, 6.45) is 4.24. The number of nitrogens with one attached hydrogen (secondary N) is 1. The lowest BCUT2D eigenvalue weighted by Gasteiger charge is -2.28. The van der Waals surface area contributed by atoms with E-state index in [0.717, 1.165) is 24.8 Å². The summed E-state index contributed by atoms with van der Waals surface area (Å²) in [5.41, 5.74) is 6.03. The Balaban J connectivity index is 2.11. The number of sulfonamides is 1. The molecule has 146 valence electrons. The van der Waals surface area contributed by atoms with Gasteiger partial charge in [-0.1, -0.05) is 32.4 Å². The van der Waals surface area contributed by atoms with Gasteiger partial charge in [0.05, 0.1) is 10.3 Å². The molecule has 0 saturated carbocycles. The quantitative estimate of drug-likeness (QED) is 0.722. The molecule has 0 aliphatic carbocycles. The van der Waals surface area contributed by atoms with Gasteiger partial charge in [-0.25, -0.2) is 8.42 Å². The molecule has 7 heteroatoms. The highest BCUT2D eigenvalue weighted by Gasteiger charge is 2.33. The minimum atomic E-state index is -3.46. The molecule has 0 aromatic heterocycles. The molecule has 6 nitrogen and oxygen atoms in total. The second-order valence-corrected chi connectivity index (χ2v) is 8.92. The monoisotopic (exact) mass is 381 g/mol. The standard InChI is InChI=1S/C19H31N3O3S/c1-3-19(4-2,15-20)18(23)21-14-16-9-8-10-17(13-16)26(24,25)22-11-6-5-7-12-22/h8-10,13H,3-7,11-12,14-15,20H2,1-2H3,(H,21,23). The molecule has 1 amide bonds. The Kier molecular flexibility index (Phi) is 7.20.